The van der Waals surface area contributed by atoms with Gasteiger partial charge in [0.05, 0.1) is 0 Å². The Morgan fingerprint density at radius 1 is 0.469 bits per heavy atom. The zero-order valence-corrected chi connectivity index (χ0v) is 22.2. The summed E-state index contributed by atoms with van der Waals surface area (Å²) < 4.78 is 0. The summed E-state index contributed by atoms with van der Waals surface area (Å²) in [4.78, 5) is 0. The average molecular weight is 446 g/mol. The highest BCUT2D eigenvalue weighted by atomic mass is 14.6. The first-order valence-corrected chi connectivity index (χ1v) is 14.5. The number of rotatable bonds is 25. The zero-order chi connectivity index (χ0) is 23.4. The van der Waals surface area contributed by atoms with Gasteiger partial charge in [-0.15, -0.1) is 0 Å². The third kappa shape index (κ3) is 27.2. The smallest absolute Gasteiger partial charge is 0.00388 e. The van der Waals surface area contributed by atoms with E-state index in [0.717, 1.165) is 6.42 Å². The van der Waals surface area contributed by atoms with Crippen molar-refractivity contribution >= 4 is 0 Å². The molecule has 0 aromatic rings. The Bertz CT molecular complexity index is 420. The lowest BCUT2D eigenvalue weighted by Gasteiger charge is -2.11. The van der Waals surface area contributed by atoms with Crippen LogP contribution in [0.5, 0.6) is 0 Å². The monoisotopic (exact) mass is 445 g/mol. The third-order valence-corrected chi connectivity index (χ3v) is 6.37. The van der Waals surface area contributed by atoms with Crippen LogP contribution in [-0.4, -0.2) is 6.04 Å². The van der Waals surface area contributed by atoms with E-state index in [-0.39, 0.29) is 0 Å². The summed E-state index contributed by atoms with van der Waals surface area (Å²) in [5, 5.41) is 0. The van der Waals surface area contributed by atoms with Crippen LogP contribution >= 0.6 is 0 Å². The normalized spacial score (nSPS) is 13.2. The van der Waals surface area contributed by atoms with Crippen LogP contribution in [0.3, 0.4) is 0 Å². The lowest BCUT2D eigenvalue weighted by Crippen LogP contribution is -2.19. The fourth-order valence-electron chi connectivity index (χ4n) is 4.20. The molecule has 0 aromatic carbocycles. The van der Waals surface area contributed by atoms with Crippen molar-refractivity contribution in [2.24, 2.45) is 5.73 Å². The summed E-state index contributed by atoms with van der Waals surface area (Å²) in [7, 11) is 0. The number of nitrogens with two attached hydrogens (primary N) is 1. The van der Waals surface area contributed by atoms with Gasteiger partial charge in [-0.25, -0.2) is 0 Å². The standard InChI is InChI=1S/C31H59N/c1-3-5-7-9-11-13-15-16-17-18-19-20-22-24-26-28-30-31(32)29-27-25-23-21-14-12-10-8-6-4-2/h6,8,11,13,16-17,31H,3-5,7,9-10,12,14-15,18-30,32H2,1-2H3/b8-6-,13-11-,17-16-. The molecule has 1 atom stereocenters. The molecule has 0 heterocycles. The Balaban J connectivity index is 3.25. The topological polar surface area (TPSA) is 26.0 Å². The third-order valence-electron chi connectivity index (χ3n) is 6.37. The minimum Gasteiger partial charge on any atom is -0.328 e. The van der Waals surface area contributed by atoms with Gasteiger partial charge in [-0.1, -0.05) is 127 Å². The first-order valence-electron chi connectivity index (χ1n) is 14.5. The first kappa shape index (κ1) is 31.2. The van der Waals surface area contributed by atoms with E-state index in [0.29, 0.717) is 6.04 Å². The predicted octanol–water partition coefficient (Wildman–Crippen LogP) is 10.6. The molecule has 0 aliphatic carbocycles. The summed E-state index contributed by atoms with van der Waals surface area (Å²) in [6.45, 7) is 4.47. The number of hydrogen-bond acceptors (Lipinski definition) is 1. The van der Waals surface area contributed by atoms with E-state index < -0.39 is 0 Å². The van der Waals surface area contributed by atoms with Gasteiger partial charge in [0.15, 0.2) is 0 Å². The molecule has 2 N–H and O–H groups in total. The molecule has 0 bridgehead atoms. The molecule has 0 radical (unpaired) electrons. The van der Waals surface area contributed by atoms with Crippen molar-refractivity contribution in [1.29, 1.82) is 0 Å². The second-order valence-corrected chi connectivity index (χ2v) is 9.71. The highest BCUT2D eigenvalue weighted by molar-refractivity contribution is 4.92. The maximum Gasteiger partial charge on any atom is 0.00388 e. The highest BCUT2D eigenvalue weighted by Crippen LogP contribution is 2.14. The van der Waals surface area contributed by atoms with Crippen molar-refractivity contribution in [3.05, 3.63) is 36.5 Å². The Morgan fingerprint density at radius 2 is 0.875 bits per heavy atom. The van der Waals surface area contributed by atoms with Crippen molar-refractivity contribution in [2.75, 3.05) is 0 Å². The van der Waals surface area contributed by atoms with Crippen LogP contribution in [0.1, 0.15) is 155 Å². The predicted molar refractivity (Wildman–Crippen MR) is 148 cm³/mol. The van der Waals surface area contributed by atoms with Crippen molar-refractivity contribution in [2.45, 2.75) is 161 Å². The first-order chi connectivity index (χ1) is 15.8. The van der Waals surface area contributed by atoms with Gasteiger partial charge in [-0.05, 0) is 64.2 Å². The van der Waals surface area contributed by atoms with Crippen LogP contribution in [0, 0.1) is 0 Å². The summed E-state index contributed by atoms with van der Waals surface area (Å²) >= 11 is 0. The Kier molecular flexibility index (Phi) is 27.5. The van der Waals surface area contributed by atoms with Gasteiger partial charge in [0.2, 0.25) is 0 Å². The van der Waals surface area contributed by atoms with E-state index >= 15 is 0 Å². The molecule has 0 saturated heterocycles. The highest BCUT2D eigenvalue weighted by Gasteiger charge is 2.02. The molecule has 188 valence electrons. The second kappa shape index (κ2) is 28.2. The van der Waals surface area contributed by atoms with Crippen LogP contribution in [0.15, 0.2) is 36.5 Å². The molecule has 0 spiro atoms. The van der Waals surface area contributed by atoms with Gasteiger partial charge in [-0.2, -0.15) is 0 Å². The SMILES string of the molecule is CC/C=C\CCCCCCCCC(N)CCCCCCCC/C=C\C/C=C\CCCCC. The van der Waals surface area contributed by atoms with Crippen LogP contribution in [-0.2, 0) is 0 Å². The van der Waals surface area contributed by atoms with Crippen LogP contribution in [0.25, 0.3) is 0 Å². The molecule has 1 heteroatoms. The van der Waals surface area contributed by atoms with Crippen LogP contribution in [0.4, 0.5) is 0 Å². The van der Waals surface area contributed by atoms with Crippen molar-refractivity contribution in [3.63, 3.8) is 0 Å². The number of hydrogen-bond donors (Lipinski definition) is 1. The summed E-state index contributed by atoms with van der Waals surface area (Å²) in [5.41, 5.74) is 6.32. The van der Waals surface area contributed by atoms with E-state index in [1.165, 1.54) is 135 Å². The van der Waals surface area contributed by atoms with Gasteiger partial charge in [-0.3, -0.25) is 0 Å². The minimum absolute atomic E-state index is 0.444. The van der Waals surface area contributed by atoms with E-state index in [9.17, 15) is 0 Å². The molecule has 32 heavy (non-hydrogen) atoms. The molecule has 0 fully saturated rings. The van der Waals surface area contributed by atoms with Gasteiger partial charge in [0.25, 0.3) is 0 Å². The van der Waals surface area contributed by atoms with Gasteiger partial charge < -0.3 is 5.73 Å². The largest absolute Gasteiger partial charge is 0.328 e. The number of unbranched alkanes of at least 4 members (excludes halogenated alkanes) is 15. The summed E-state index contributed by atoms with van der Waals surface area (Å²) in [6, 6.07) is 0.444. The Morgan fingerprint density at radius 3 is 1.34 bits per heavy atom. The molecule has 0 saturated carbocycles. The summed E-state index contributed by atoms with van der Waals surface area (Å²) in [6.07, 6.45) is 43.1. The maximum absolute atomic E-state index is 6.32. The fourth-order valence-corrected chi connectivity index (χ4v) is 4.20. The van der Waals surface area contributed by atoms with Gasteiger partial charge >= 0.3 is 0 Å². The quantitative estimate of drug-likeness (QED) is 0.110. The van der Waals surface area contributed by atoms with Crippen molar-refractivity contribution < 1.29 is 0 Å². The molecule has 1 nitrogen and oxygen atoms in total. The lowest BCUT2D eigenvalue weighted by atomic mass is 10.0. The molecule has 0 aromatic heterocycles. The van der Waals surface area contributed by atoms with Crippen LogP contribution in [0.2, 0.25) is 0 Å². The van der Waals surface area contributed by atoms with Crippen molar-refractivity contribution in [1.82, 2.24) is 0 Å². The Labute approximate surface area is 203 Å². The maximum atomic E-state index is 6.32. The van der Waals surface area contributed by atoms with Crippen molar-refractivity contribution in [3.8, 4) is 0 Å². The second-order valence-electron chi connectivity index (χ2n) is 9.71. The number of allylic oxidation sites excluding steroid dienone is 6. The van der Waals surface area contributed by atoms with E-state index in [4.69, 9.17) is 5.73 Å². The zero-order valence-electron chi connectivity index (χ0n) is 22.2. The summed E-state index contributed by atoms with van der Waals surface area (Å²) in [5.74, 6) is 0. The van der Waals surface area contributed by atoms with E-state index in [2.05, 4.69) is 50.3 Å². The van der Waals surface area contributed by atoms with Gasteiger partial charge in [0, 0.05) is 6.04 Å². The molecule has 0 rings (SSSR count). The molecule has 0 amide bonds. The molecular weight excluding hydrogens is 386 g/mol. The van der Waals surface area contributed by atoms with E-state index in [1.54, 1.807) is 0 Å². The van der Waals surface area contributed by atoms with Gasteiger partial charge in [0.1, 0.15) is 0 Å². The fraction of sp³-hybridized carbons (Fsp3) is 0.806. The van der Waals surface area contributed by atoms with E-state index in [1.807, 2.05) is 0 Å². The van der Waals surface area contributed by atoms with Crippen LogP contribution < -0.4 is 5.73 Å². The molecule has 0 aliphatic rings. The molecular formula is C31H59N. The minimum atomic E-state index is 0.444. The molecule has 0 aliphatic heterocycles. The Hall–Kier alpha value is -0.820. The molecule has 1 unspecified atom stereocenters. The lowest BCUT2D eigenvalue weighted by molar-refractivity contribution is 0.482. The average Bonchev–Trinajstić information content (AvgIpc) is 2.80.